The summed E-state index contributed by atoms with van der Waals surface area (Å²) in [6, 6.07) is 0. The highest BCUT2D eigenvalue weighted by Gasteiger charge is 2.30. The molecule has 1 aromatic heterocycles. The fourth-order valence-electron chi connectivity index (χ4n) is 1.80. The molecule has 1 aliphatic heterocycles. The van der Waals surface area contributed by atoms with Crippen molar-refractivity contribution in [3.05, 3.63) is 12.4 Å². The molecule has 100 valence electrons. The summed E-state index contributed by atoms with van der Waals surface area (Å²) in [7, 11) is -3.60. The van der Waals surface area contributed by atoms with E-state index in [1.54, 1.807) is 4.68 Å². The summed E-state index contributed by atoms with van der Waals surface area (Å²) in [5.41, 5.74) is 0. The molecule has 0 bridgehead atoms. The summed E-state index contributed by atoms with van der Waals surface area (Å²) >= 11 is 0. The minimum Gasteiger partial charge on any atom is -0.354 e. The van der Waals surface area contributed by atoms with Gasteiger partial charge in [-0.15, -0.1) is 0 Å². The second-order valence-electron chi connectivity index (χ2n) is 4.13. The molecule has 8 heteroatoms. The third-order valence-corrected chi connectivity index (χ3v) is 4.50. The lowest BCUT2D eigenvalue weighted by atomic mass is 10.4. The molecule has 0 aromatic carbocycles. The monoisotopic (exact) mass is 272 g/mol. The first kappa shape index (κ1) is 13.0. The number of amides is 1. The lowest BCUT2D eigenvalue weighted by molar-refractivity contribution is -0.122. The lowest BCUT2D eigenvalue weighted by Crippen LogP contribution is -2.49. The number of piperazine rings is 1. The highest BCUT2D eigenvalue weighted by atomic mass is 32.2. The van der Waals surface area contributed by atoms with Gasteiger partial charge in [-0.3, -0.25) is 9.48 Å². The van der Waals surface area contributed by atoms with Gasteiger partial charge >= 0.3 is 0 Å². The molecule has 1 fully saturated rings. The van der Waals surface area contributed by atoms with E-state index in [9.17, 15) is 13.2 Å². The van der Waals surface area contributed by atoms with E-state index in [0.717, 1.165) is 6.42 Å². The highest BCUT2D eigenvalue weighted by Crippen LogP contribution is 2.15. The zero-order chi connectivity index (χ0) is 13.2. The number of carbonyl (C=O) groups is 1. The van der Waals surface area contributed by atoms with E-state index in [4.69, 9.17) is 0 Å². The van der Waals surface area contributed by atoms with Gasteiger partial charge in [-0.1, -0.05) is 6.92 Å². The molecule has 1 N–H and O–H groups in total. The van der Waals surface area contributed by atoms with Crippen LogP contribution in [0.4, 0.5) is 0 Å². The van der Waals surface area contributed by atoms with Gasteiger partial charge in [0.15, 0.2) is 0 Å². The van der Waals surface area contributed by atoms with Gasteiger partial charge in [0, 0.05) is 25.8 Å². The van der Waals surface area contributed by atoms with Crippen molar-refractivity contribution >= 4 is 15.9 Å². The average molecular weight is 272 g/mol. The molecule has 1 saturated heterocycles. The first-order valence-electron chi connectivity index (χ1n) is 5.83. The summed E-state index contributed by atoms with van der Waals surface area (Å²) in [4.78, 5) is 11.4. The molecule has 0 saturated carbocycles. The zero-order valence-electron chi connectivity index (χ0n) is 10.2. The Kier molecular flexibility index (Phi) is 3.67. The standard InChI is InChI=1S/C10H16N4O3S/c1-2-4-13-7-9(6-12-13)18(16,17)14-5-3-11-10(15)8-14/h6-7H,2-5,8H2,1H3,(H,11,15). The number of aryl methyl sites for hydroxylation is 1. The molecule has 0 aliphatic carbocycles. The van der Waals surface area contributed by atoms with Crippen LogP contribution in [-0.4, -0.2) is 48.0 Å². The molecule has 0 radical (unpaired) electrons. The Morgan fingerprint density at radius 2 is 2.28 bits per heavy atom. The Morgan fingerprint density at radius 3 is 2.94 bits per heavy atom. The van der Waals surface area contributed by atoms with Crippen molar-refractivity contribution in [2.75, 3.05) is 19.6 Å². The summed E-state index contributed by atoms with van der Waals surface area (Å²) in [6.07, 6.45) is 3.72. The molecule has 1 amide bonds. The maximum atomic E-state index is 12.2. The number of hydrogen-bond donors (Lipinski definition) is 1. The summed E-state index contributed by atoms with van der Waals surface area (Å²) < 4.78 is 27.3. The van der Waals surface area contributed by atoms with E-state index in [2.05, 4.69) is 10.4 Å². The molecular formula is C10H16N4O3S. The Hall–Kier alpha value is -1.41. The van der Waals surface area contributed by atoms with Crippen LogP contribution in [-0.2, 0) is 21.4 Å². The van der Waals surface area contributed by atoms with Crippen LogP contribution in [0.25, 0.3) is 0 Å². The van der Waals surface area contributed by atoms with Crippen molar-refractivity contribution in [3.8, 4) is 0 Å². The van der Waals surface area contributed by atoms with E-state index in [1.165, 1.54) is 16.7 Å². The van der Waals surface area contributed by atoms with E-state index < -0.39 is 10.0 Å². The minimum absolute atomic E-state index is 0.124. The van der Waals surface area contributed by atoms with Gasteiger partial charge in [-0.2, -0.15) is 9.40 Å². The molecule has 18 heavy (non-hydrogen) atoms. The number of aromatic nitrogens is 2. The minimum atomic E-state index is -3.60. The third-order valence-electron chi connectivity index (χ3n) is 2.70. The highest BCUT2D eigenvalue weighted by molar-refractivity contribution is 7.89. The topological polar surface area (TPSA) is 84.3 Å². The van der Waals surface area contributed by atoms with Crippen LogP contribution < -0.4 is 5.32 Å². The van der Waals surface area contributed by atoms with Gasteiger partial charge in [-0.05, 0) is 6.42 Å². The molecule has 0 unspecified atom stereocenters. The third kappa shape index (κ3) is 2.54. The van der Waals surface area contributed by atoms with Crippen LogP contribution in [0.5, 0.6) is 0 Å². The SMILES string of the molecule is CCCn1cc(S(=O)(=O)N2CCNC(=O)C2)cn1. The van der Waals surface area contributed by atoms with E-state index in [-0.39, 0.29) is 17.3 Å². The first-order chi connectivity index (χ1) is 8.54. The number of nitrogens with zero attached hydrogens (tertiary/aromatic N) is 3. The van der Waals surface area contributed by atoms with Gasteiger partial charge in [-0.25, -0.2) is 8.42 Å². The molecule has 0 spiro atoms. The Labute approximate surface area is 106 Å². The van der Waals surface area contributed by atoms with Crippen molar-refractivity contribution in [1.29, 1.82) is 0 Å². The van der Waals surface area contributed by atoms with Crippen molar-refractivity contribution in [3.63, 3.8) is 0 Å². The number of rotatable bonds is 4. The van der Waals surface area contributed by atoms with Crippen molar-refractivity contribution in [2.45, 2.75) is 24.8 Å². The Bertz CT molecular complexity index is 537. The van der Waals surface area contributed by atoms with Crippen LogP contribution in [0.15, 0.2) is 17.3 Å². The first-order valence-corrected chi connectivity index (χ1v) is 7.27. The predicted molar refractivity (Wildman–Crippen MR) is 64.3 cm³/mol. The Balaban J connectivity index is 2.21. The van der Waals surface area contributed by atoms with Crippen LogP contribution in [0, 0.1) is 0 Å². The maximum Gasteiger partial charge on any atom is 0.246 e. The van der Waals surface area contributed by atoms with E-state index in [1.807, 2.05) is 6.92 Å². The van der Waals surface area contributed by atoms with Crippen LogP contribution in [0.3, 0.4) is 0 Å². The second-order valence-corrected chi connectivity index (χ2v) is 6.07. The normalized spacial score (nSPS) is 17.7. The number of carbonyl (C=O) groups excluding carboxylic acids is 1. The predicted octanol–water partition coefficient (Wildman–Crippen LogP) is -0.586. The maximum absolute atomic E-state index is 12.2. The molecule has 1 aromatic rings. The summed E-state index contributed by atoms with van der Waals surface area (Å²) in [5.74, 6) is -0.272. The fraction of sp³-hybridized carbons (Fsp3) is 0.600. The summed E-state index contributed by atoms with van der Waals surface area (Å²) in [6.45, 7) is 3.19. The van der Waals surface area contributed by atoms with Crippen molar-refractivity contribution in [1.82, 2.24) is 19.4 Å². The molecular weight excluding hydrogens is 256 g/mol. The van der Waals surface area contributed by atoms with Gasteiger partial charge in [0.1, 0.15) is 4.90 Å². The van der Waals surface area contributed by atoms with Crippen molar-refractivity contribution in [2.24, 2.45) is 0 Å². The van der Waals surface area contributed by atoms with Crippen LogP contribution in [0.2, 0.25) is 0 Å². The number of sulfonamides is 1. The number of hydrogen-bond acceptors (Lipinski definition) is 4. The fourth-order valence-corrected chi connectivity index (χ4v) is 3.15. The molecule has 1 aliphatic rings. The van der Waals surface area contributed by atoms with Gasteiger partial charge < -0.3 is 5.32 Å². The second kappa shape index (κ2) is 5.07. The molecule has 7 nitrogen and oxygen atoms in total. The van der Waals surface area contributed by atoms with Crippen molar-refractivity contribution < 1.29 is 13.2 Å². The van der Waals surface area contributed by atoms with Gasteiger partial charge in [0.05, 0.1) is 12.7 Å². The average Bonchev–Trinajstić information content (AvgIpc) is 2.79. The van der Waals surface area contributed by atoms with Gasteiger partial charge in [0.25, 0.3) is 0 Å². The largest absolute Gasteiger partial charge is 0.354 e. The number of nitrogens with one attached hydrogen (secondary N) is 1. The van der Waals surface area contributed by atoms with Crippen LogP contribution in [0.1, 0.15) is 13.3 Å². The van der Waals surface area contributed by atoms with Crippen LogP contribution >= 0.6 is 0 Å². The van der Waals surface area contributed by atoms with E-state index in [0.29, 0.717) is 19.6 Å². The molecule has 2 rings (SSSR count). The molecule has 2 heterocycles. The lowest BCUT2D eigenvalue weighted by Gasteiger charge is -2.25. The van der Waals surface area contributed by atoms with Gasteiger partial charge in [0.2, 0.25) is 15.9 Å². The van der Waals surface area contributed by atoms with E-state index >= 15 is 0 Å². The quantitative estimate of drug-likeness (QED) is 0.794. The smallest absolute Gasteiger partial charge is 0.246 e. The zero-order valence-corrected chi connectivity index (χ0v) is 11.0. The molecule has 0 atom stereocenters. The Morgan fingerprint density at radius 1 is 1.50 bits per heavy atom. The summed E-state index contributed by atoms with van der Waals surface area (Å²) in [5, 5.41) is 6.59.